The topological polar surface area (TPSA) is 18.5 Å². The average molecular weight is 213 g/mol. The summed E-state index contributed by atoms with van der Waals surface area (Å²) in [5, 5.41) is 3.63. The molecule has 0 aromatic heterocycles. The Balaban J connectivity index is 2.40. The first kappa shape index (κ1) is 12.9. The summed E-state index contributed by atoms with van der Waals surface area (Å²) in [6, 6.07) is 1.45. The van der Waals surface area contributed by atoms with Crippen molar-refractivity contribution in [1.82, 2.24) is 15.1 Å². The van der Waals surface area contributed by atoms with Gasteiger partial charge in [-0.15, -0.1) is 0 Å². The number of hydrogen-bond acceptors (Lipinski definition) is 3. The quantitative estimate of drug-likeness (QED) is 0.735. The molecule has 1 aliphatic rings. The second-order valence-corrected chi connectivity index (χ2v) is 4.87. The van der Waals surface area contributed by atoms with E-state index in [1.54, 1.807) is 0 Å². The van der Waals surface area contributed by atoms with Crippen molar-refractivity contribution in [3.8, 4) is 0 Å². The van der Waals surface area contributed by atoms with E-state index in [1.165, 1.54) is 39.0 Å². The molecule has 1 aliphatic heterocycles. The molecule has 0 aromatic carbocycles. The zero-order chi connectivity index (χ0) is 11.3. The van der Waals surface area contributed by atoms with Crippen LogP contribution in [0.25, 0.3) is 0 Å². The molecule has 1 heterocycles. The fourth-order valence-electron chi connectivity index (χ4n) is 2.21. The molecule has 3 heteroatoms. The third-order valence-corrected chi connectivity index (χ3v) is 3.41. The highest BCUT2D eigenvalue weighted by Crippen LogP contribution is 2.11. The van der Waals surface area contributed by atoms with Gasteiger partial charge < -0.3 is 10.2 Å². The van der Waals surface area contributed by atoms with Gasteiger partial charge in [0.05, 0.1) is 0 Å². The predicted octanol–water partition coefficient (Wildman–Crippen LogP) is 1.01. The molecule has 0 bridgehead atoms. The molecule has 0 saturated carbocycles. The minimum Gasteiger partial charge on any atom is -0.311 e. The fraction of sp³-hybridized carbons (Fsp3) is 1.00. The zero-order valence-electron chi connectivity index (χ0n) is 10.8. The maximum Gasteiger partial charge on any atom is 0.0219 e. The second kappa shape index (κ2) is 6.46. The highest BCUT2D eigenvalue weighted by molar-refractivity contribution is 4.84. The van der Waals surface area contributed by atoms with Crippen LogP contribution in [0, 0.1) is 0 Å². The lowest BCUT2D eigenvalue weighted by molar-refractivity contribution is 0.116. The van der Waals surface area contributed by atoms with Gasteiger partial charge in [-0.3, -0.25) is 4.90 Å². The summed E-state index contributed by atoms with van der Waals surface area (Å²) in [5.74, 6) is 0. The first-order chi connectivity index (χ1) is 7.17. The number of rotatable bonds is 5. The van der Waals surface area contributed by atoms with Gasteiger partial charge in [0, 0.05) is 38.3 Å². The van der Waals surface area contributed by atoms with Gasteiger partial charge in [0.15, 0.2) is 0 Å². The smallest absolute Gasteiger partial charge is 0.0219 e. The lowest BCUT2D eigenvalue weighted by Gasteiger charge is -2.40. The molecule has 1 fully saturated rings. The second-order valence-electron chi connectivity index (χ2n) is 4.87. The Morgan fingerprint density at radius 1 is 1.27 bits per heavy atom. The van der Waals surface area contributed by atoms with Crippen molar-refractivity contribution in [2.45, 2.75) is 38.8 Å². The van der Waals surface area contributed by atoms with E-state index in [2.05, 4.69) is 43.1 Å². The van der Waals surface area contributed by atoms with Crippen LogP contribution in [0.1, 0.15) is 26.7 Å². The van der Waals surface area contributed by atoms with Crippen LogP contribution in [0.5, 0.6) is 0 Å². The minimum absolute atomic E-state index is 0.704. The van der Waals surface area contributed by atoms with Gasteiger partial charge in [0.1, 0.15) is 0 Å². The SMILES string of the molecule is CCC1CN(CCN(C)C)C(CC)CN1. The minimum atomic E-state index is 0.704. The average Bonchev–Trinajstić information content (AvgIpc) is 2.25. The van der Waals surface area contributed by atoms with Gasteiger partial charge in [0.2, 0.25) is 0 Å². The number of likely N-dealkylation sites (N-methyl/N-ethyl adjacent to an activating group) is 1. The van der Waals surface area contributed by atoms with E-state index >= 15 is 0 Å². The van der Waals surface area contributed by atoms with Crippen molar-refractivity contribution in [3.05, 3.63) is 0 Å². The van der Waals surface area contributed by atoms with E-state index in [-0.39, 0.29) is 0 Å². The highest BCUT2D eigenvalue weighted by Gasteiger charge is 2.25. The Morgan fingerprint density at radius 2 is 2.00 bits per heavy atom. The molecule has 0 radical (unpaired) electrons. The molecule has 0 amide bonds. The van der Waals surface area contributed by atoms with E-state index in [0.717, 1.165) is 6.04 Å². The molecule has 1 rings (SSSR count). The van der Waals surface area contributed by atoms with Gasteiger partial charge in [-0.05, 0) is 26.9 Å². The van der Waals surface area contributed by atoms with Crippen LogP contribution in [0.3, 0.4) is 0 Å². The summed E-state index contributed by atoms with van der Waals surface area (Å²) in [6.07, 6.45) is 2.51. The molecule has 0 aromatic rings. The number of nitrogens with one attached hydrogen (secondary N) is 1. The molecule has 2 atom stereocenters. The molecular formula is C12H27N3. The molecule has 1 saturated heterocycles. The molecule has 3 nitrogen and oxygen atoms in total. The zero-order valence-corrected chi connectivity index (χ0v) is 10.8. The molecule has 2 unspecified atom stereocenters. The summed E-state index contributed by atoms with van der Waals surface area (Å²) in [6.45, 7) is 9.34. The van der Waals surface area contributed by atoms with Gasteiger partial charge in [-0.1, -0.05) is 13.8 Å². The van der Waals surface area contributed by atoms with Crippen LogP contribution in [0.2, 0.25) is 0 Å². The van der Waals surface area contributed by atoms with Crippen LogP contribution in [-0.2, 0) is 0 Å². The van der Waals surface area contributed by atoms with E-state index in [1.807, 2.05) is 0 Å². The van der Waals surface area contributed by atoms with Crippen molar-refractivity contribution in [1.29, 1.82) is 0 Å². The third kappa shape index (κ3) is 4.09. The maximum atomic E-state index is 3.63. The number of piperazine rings is 1. The van der Waals surface area contributed by atoms with Crippen molar-refractivity contribution < 1.29 is 0 Å². The normalized spacial score (nSPS) is 28.6. The van der Waals surface area contributed by atoms with Gasteiger partial charge >= 0.3 is 0 Å². The molecule has 1 N–H and O–H groups in total. The summed E-state index contributed by atoms with van der Waals surface area (Å²) >= 11 is 0. The van der Waals surface area contributed by atoms with Crippen molar-refractivity contribution in [3.63, 3.8) is 0 Å². The Hall–Kier alpha value is -0.120. The Morgan fingerprint density at radius 3 is 2.53 bits per heavy atom. The van der Waals surface area contributed by atoms with Crippen molar-refractivity contribution >= 4 is 0 Å². The Bertz CT molecular complexity index is 170. The van der Waals surface area contributed by atoms with E-state index in [4.69, 9.17) is 0 Å². The van der Waals surface area contributed by atoms with Crippen LogP contribution < -0.4 is 5.32 Å². The number of hydrogen-bond donors (Lipinski definition) is 1. The fourth-order valence-corrected chi connectivity index (χ4v) is 2.21. The monoisotopic (exact) mass is 213 g/mol. The van der Waals surface area contributed by atoms with Gasteiger partial charge in [0.25, 0.3) is 0 Å². The van der Waals surface area contributed by atoms with Gasteiger partial charge in [-0.2, -0.15) is 0 Å². The maximum absolute atomic E-state index is 3.63. The lowest BCUT2D eigenvalue weighted by atomic mass is 10.1. The predicted molar refractivity (Wildman–Crippen MR) is 66.3 cm³/mol. The first-order valence-corrected chi connectivity index (χ1v) is 6.29. The summed E-state index contributed by atoms with van der Waals surface area (Å²) in [4.78, 5) is 4.93. The van der Waals surface area contributed by atoms with Crippen LogP contribution in [0.15, 0.2) is 0 Å². The first-order valence-electron chi connectivity index (χ1n) is 6.29. The number of nitrogens with zero attached hydrogens (tertiary/aromatic N) is 2. The highest BCUT2D eigenvalue weighted by atomic mass is 15.2. The molecular weight excluding hydrogens is 186 g/mol. The summed E-state index contributed by atoms with van der Waals surface area (Å²) in [7, 11) is 4.31. The summed E-state index contributed by atoms with van der Waals surface area (Å²) in [5.41, 5.74) is 0. The third-order valence-electron chi connectivity index (χ3n) is 3.41. The Labute approximate surface area is 94.8 Å². The molecule has 15 heavy (non-hydrogen) atoms. The van der Waals surface area contributed by atoms with Gasteiger partial charge in [-0.25, -0.2) is 0 Å². The van der Waals surface area contributed by atoms with E-state index in [0.29, 0.717) is 6.04 Å². The molecule has 0 aliphatic carbocycles. The lowest BCUT2D eigenvalue weighted by Crippen LogP contribution is -2.57. The largest absolute Gasteiger partial charge is 0.311 e. The van der Waals surface area contributed by atoms with Crippen molar-refractivity contribution in [2.24, 2.45) is 0 Å². The molecule has 90 valence electrons. The molecule has 0 spiro atoms. The van der Waals surface area contributed by atoms with E-state index in [9.17, 15) is 0 Å². The summed E-state index contributed by atoms with van der Waals surface area (Å²) < 4.78 is 0. The van der Waals surface area contributed by atoms with Crippen molar-refractivity contribution in [2.75, 3.05) is 40.3 Å². The van der Waals surface area contributed by atoms with Crippen LogP contribution in [0.4, 0.5) is 0 Å². The Kier molecular flexibility index (Phi) is 5.58. The standard InChI is InChI=1S/C12H27N3/c1-5-11-10-15(8-7-14(3)4)12(6-2)9-13-11/h11-13H,5-10H2,1-4H3. The van der Waals surface area contributed by atoms with Crippen LogP contribution in [-0.4, -0.2) is 62.2 Å². The van der Waals surface area contributed by atoms with Crippen LogP contribution >= 0.6 is 0 Å². The van der Waals surface area contributed by atoms with E-state index < -0.39 is 0 Å².